The normalized spacial score (nSPS) is 42.3. The van der Waals surface area contributed by atoms with Crippen LogP contribution in [-0.4, -0.2) is 104 Å². The monoisotopic (exact) mass is 428 g/mol. The molecule has 0 bridgehead atoms. The van der Waals surface area contributed by atoms with E-state index in [-0.39, 0.29) is 13.0 Å². The molecule has 0 aromatic heterocycles. The van der Waals surface area contributed by atoms with Crippen molar-refractivity contribution in [3.05, 3.63) is 35.4 Å². The van der Waals surface area contributed by atoms with Gasteiger partial charge in [0, 0.05) is 18.8 Å². The SMILES string of the molecule is C[C@H]1[C@H](O)[C@@H](CO)OC(Cc2ccc(CC3O[C@H](CO)[C@@H](O)[C@H](O)[C@@H]3O)cc2)[C@H]1O. The van der Waals surface area contributed by atoms with Gasteiger partial charge in [0.2, 0.25) is 0 Å². The molecular weight excluding hydrogens is 396 g/mol. The third-order valence-electron chi connectivity index (χ3n) is 6.26. The lowest BCUT2D eigenvalue weighted by Gasteiger charge is -2.41. The molecule has 1 aromatic rings. The minimum Gasteiger partial charge on any atom is -0.394 e. The molecule has 30 heavy (non-hydrogen) atoms. The molecule has 2 unspecified atom stereocenters. The van der Waals surface area contributed by atoms with Crippen LogP contribution in [0.3, 0.4) is 0 Å². The number of hydrogen-bond acceptors (Lipinski definition) is 9. The summed E-state index contributed by atoms with van der Waals surface area (Å²) in [6, 6.07) is 7.35. The summed E-state index contributed by atoms with van der Waals surface area (Å²) in [5.74, 6) is -0.425. The van der Waals surface area contributed by atoms with Gasteiger partial charge in [-0.25, -0.2) is 0 Å². The Morgan fingerprint density at radius 3 is 1.43 bits per heavy atom. The van der Waals surface area contributed by atoms with Gasteiger partial charge in [0.15, 0.2) is 0 Å². The lowest BCUT2D eigenvalue weighted by Crippen LogP contribution is -2.59. The lowest BCUT2D eigenvalue weighted by atomic mass is 9.85. The molecule has 2 aliphatic heterocycles. The van der Waals surface area contributed by atoms with Gasteiger partial charge in [-0.1, -0.05) is 31.2 Å². The van der Waals surface area contributed by atoms with E-state index in [1.54, 1.807) is 6.92 Å². The maximum atomic E-state index is 10.4. The molecule has 1 aromatic carbocycles. The Balaban J connectivity index is 1.62. The van der Waals surface area contributed by atoms with Crippen LogP contribution in [-0.2, 0) is 22.3 Å². The van der Waals surface area contributed by atoms with Crippen LogP contribution >= 0.6 is 0 Å². The molecule has 0 amide bonds. The average Bonchev–Trinajstić information content (AvgIpc) is 2.75. The first-order valence-electron chi connectivity index (χ1n) is 10.3. The topological polar surface area (TPSA) is 160 Å². The fourth-order valence-corrected chi connectivity index (χ4v) is 4.21. The Morgan fingerprint density at radius 2 is 0.967 bits per heavy atom. The van der Waals surface area contributed by atoms with Gasteiger partial charge >= 0.3 is 0 Å². The molecule has 0 aliphatic carbocycles. The maximum Gasteiger partial charge on any atom is 0.111 e. The second-order valence-corrected chi connectivity index (χ2v) is 8.33. The third-order valence-corrected chi connectivity index (χ3v) is 6.26. The van der Waals surface area contributed by atoms with E-state index in [2.05, 4.69) is 0 Å². The zero-order valence-electron chi connectivity index (χ0n) is 16.9. The summed E-state index contributed by atoms with van der Waals surface area (Å²) in [6.45, 7) is 0.927. The van der Waals surface area contributed by atoms with Gasteiger partial charge in [-0.15, -0.1) is 0 Å². The fourth-order valence-electron chi connectivity index (χ4n) is 4.21. The zero-order valence-corrected chi connectivity index (χ0v) is 16.9. The fraction of sp³-hybridized carbons (Fsp3) is 0.714. The first-order valence-corrected chi connectivity index (χ1v) is 10.3. The summed E-state index contributed by atoms with van der Waals surface area (Å²) in [6.07, 6.45) is -8.19. The van der Waals surface area contributed by atoms with E-state index in [0.717, 1.165) is 11.1 Å². The van der Waals surface area contributed by atoms with E-state index >= 15 is 0 Å². The van der Waals surface area contributed by atoms with Crippen molar-refractivity contribution < 1.29 is 45.2 Å². The van der Waals surface area contributed by atoms with Crippen LogP contribution in [0.5, 0.6) is 0 Å². The first-order chi connectivity index (χ1) is 14.3. The highest BCUT2D eigenvalue weighted by Crippen LogP contribution is 2.28. The molecule has 0 spiro atoms. The van der Waals surface area contributed by atoms with Crippen molar-refractivity contribution in [2.24, 2.45) is 5.92 Å². The van der Waals surface area contributed by atoms with Gasteiger partial charge in [0.25, 0.3) is 0 Å². The number of hydrogen-bond donors (Lipinski definition) is 7. The number of benzene rings is 1. The molecule has 9 nitrogen and oxygen atoms in total. The van der Waals surface area contributed by atoms with Crippen molar-refractivity contribution in [2.75, 3.05) is 13.2 Å². The van der Waals surface area contributed by atoms with Crippen LogP contribution in [0.1, 0.15) is 18.1 Å². The average molecular weight is 428 g/mol. The van der Waals surface area contributed by atoms with Crippen LogP contribution in [0.4, 0.5) is 0 Å². The maximum absolute atomic E-state index is 10.4. The number of rotatable bonds is 6. The number of aliphatic hydroxyl groups is 7. The van der Waals surface area contributed by atoms with Crippen molar-refractivity contribution in [3.63, 3.8) is 0 Å². The number of ether oxygens (including phenoxy) is 2. The van der Waals surface area contributed by atoms with E-state index in [0.29, 0.717) is 6.42 Å². The molecule has 170 valence electrons. The zero-order chi connectivity index (χ0) is 22.0. The van der Waals surface area contributed by atoms with Crippen LogP contribution in [0, 0.1) is 5.92 Å². The molecule has 0 saturated carbocycles. The second-order valence-electron chi connectivity index (χ2n) is 8.33. The molecule has 2 aliphatic rings. The summed E-state index contributed by atoms with van der Waals surface area (Å²) < 4.78 is 11.2. The Hall–Kier alpha value is -1.14. The molecule has 2 heterocycles. The van der Waals surface area contributed by atoms with Gasteiger partial charge in [0.1, 0.15) is 30.5 Å². The van der Waals surface area contributed by atoms with Crippen LogP contribution in [0.15, 0.2) is 24.3 Å². The van der Waals surface area contributed by atoms with E-state index in [9.17, 15) is 35.7 Å². The molecule has 0 radical (unpaired) electrons. The van der Waals surface area contributed by atoms with Crippen molar-refractivity contribution in [1.82, 2.24) is 0 Å². The Kier molecular flexibility index (Phi) is 7.83. The van der Waals surface area contributed by atoms with Gasteiger partial charge in [-0.2, -0.15) is 0 Å². The second kappa shape index (κ2) is 9.99. The summed E-state index contributed by atoms with van der Waals surface area (Å²) in [5.41, 5.74) is 1.71. The third kappa shape index (κ3) is 4.85. The van der Waals surface area contributed by atoms with E-state index in [1.165, 1.54) is 0 Å². The minimum absolute atomic E-state index is 0.278. The summed E-state index contributed by atoms with van der Waals surface area (Å²) in [5, 5.41) is 69.1. The van der Waals surface area contributed by atoms with Gasteiger partial charge in [-0.05, 0) is 11.1 Å². The lowest BCUT2D eigenvalue weighted by molar-refractivity contribution is -0.228. The molecule has 9 heteroatoms. The van der Waals surface area contributed by atoms with Crippen molar-refractivity contribution in [2.45, 2.75) is 74.7 Å². The molecular formula is C21H32O9. The Morgan fingerprint density at radius 1 is 0.600 bits per heavy atom. The van der Waals surface area contributed by atoms with Crippen molar-refractivity contribution >= 4 is 0 Å². The largest absolute Gasteiger partial charge is 0.394 e. The Bertz CT molecular complexity index is 608. The summed E-state index contributed by atoms with van der Waals surface area (Å²) >= 11 is 0. The highest BCUT2D eigenvalue weighted by Gasteiger charge is 2.43. The predicted molar refractivity (Wildman–Crippen MR) is 105 cm³/mol. The van der Waals surface area contributed by atoms with E-state index in [4.69, 9.17) is 9.47 Å². The minimum atomic E-state index is -1.40. The van der Waals surface area contributed by atoms with Crippen LogP contribution < -0.4 is 0 Å². The van der Waals surface area contributed by atoms with E-state index < -0.39 is 67.5 Å². The van der Waals surface area contributed by atoms with Gasteiger partial charge < -0.3 is 45.2 Å². The summed E-state index contributed by atoms with van der Waals surface area (Å²) in [4.78, 5) is 0. The Labute approximate surface area is 175 Å². The van der Waals surface area contributed by atoms with Crippen molar-refractivity contribution in [1.29, 1.82) is 0 Å². The highest BCUT2D eigenvalue weighted by molar-refractivity contribution is 5.24. The molecule has 2 fully saturated rings. The van der Waals surface area contributed by atoms with Gasteiger partial charge in [-0.3, -0.25) is 0 Å². The number of aliphatic hydroxyl groups excluding tert-OH is 7. The van der Waals surface area contributed by atoms with Gasteiger partial charge in [0.05, 0.1) is 37.6 Å². The summed E-state index contributed by atoms with van der Waals surface area (Å²) in [7, 11) is 0. The van der Waals surface area contributed by atoms with E-state index in [1.807, 2.05) is 24.3 Å². The quantitative estimate of drug-likeness (QED) is 0.265. The molecule has 3 rings (SSSR count). The smallest absolute Gasteiger partial charge is 0.111 e. The van der Waals surface area contributed by atoms with Crippen LogP contribution in [0.2, 0.25) is 0 Å². The predicted octanol–water partition coefficient (Wildman–Crippen LogP) is -2.27. The van der Waals surface area contributed by atoms with Crippen LogP contribution in [0.25, 0.3) is 0 Å². The molecule has 7 N–H and O–H groups in total. The van der Waals surface area contributed by atoms with Crippen molar-refractivity contribution in [3.8, 4) is 0 Å². The first kappa shape index (κ1) is 23.5. The standard InChI is InChI=1S/C21H32O9/c1-10-17(24)13(29-15(8-22)18(10)25)6-11-2-4-12(5-3-11)7-14-19(26)21(28)20(27)16(9-23)30-14/h2-5,10,13-28H,6-9H2,1H3/t10-,13?,14?,15-,16-,17+,18+,19-,20-,21-/m1/s1. The molecule has 10 atom stereocenters. The molecule has 2 saturated heterocycles. The highest BCUT2D eigenvalue weighted by atomic mass is 16.5.